The Labute approximate surface area is 122 Å². The third kappa shape index (κ3) is 2.50. The molecule has 0 saturated heterocycles. The third-order valence-electron chi connectivity index (χ3n) is 2.95. The van der Waals surface area contributed by atoms with Crippen molar-refractivity contribution in [2.75, 3.05) is 0 Å². The van der Waals surface area contributed by atoms with Gasteiger partial charge in [-0.25, -0.2) is 0 Å². The molecule has 0 aliphatic heterocycles. The largest absolute Gasteiger partial charge is 0.331 e. The van der Waals surface area contributed by atoms with Gasteiger partial charge in [0.1, 0.15) is 16.3 Å². The number of aromatic amines is 1. The van der Waals surface area contributed by atoms with Gasteiger partial charge in [0, 0.05) is 6.54 Å². The molecule has 0 aliphatic carbocycles. The Kier molecular flexibility index (Phi) is 3.93. The second kappa shape index (κ2) is 5.47. The Morgan fingerprint density at radius 1 is 1.26 bits per heavy atom. The van der Waals surface area contributed by atoms with Gasteiger partial charge < -0.3 is 9.55 Å². The van der Waals surface area contributed by atoms with Crippen molar-refractivity contribution in [2.24, 2.45) is 0 Å². The molecule has 1 heterocycles. The Bertz CT molecular complexity index is 761. The Balaban J connectivity index is 2.79. The predicted octanol–water partition coefficient (Wildman–Crippen LogP) is 4.14. The Morgan fingerprint density at radius 3 is 2.42 bits per heavy atom. The standard InChI is InChI=1S/C14H13N3S2/c1-3-17-13(18)11(8-15)12(16-14(17)19)10-6-4-9(2)5-7-10/h4-7H,3H2,1-2H3,(H,16,19). The van der Waals surface area contributed by atoms with E-state index in [4.69, 9.17) is 24.4 Å². The highest BCUT2D eigenvalue weighted by Crippen LogP contribution is 2.22. The van der Waals surface area contributed by atoms with Crippen molar-refractivity contribution >= 4 is 24.4 Å². The highest BCUT2D eigenvalue weighted by atomic mass is 32.1. The molecule has 0 saturated carbocycles. The van der Waals surface area contributed by atoms with Gasteiger partial charge in [-0.15, -0.1) is 0 Å². The Hall–Kier alpha value is -1.77. The summed E-state index contributed by atoms with van der Waals surface area (Å²) in [6.45, 7) is 4.62. The van der Waals surface area contributed by atoms with Crippen LogP contribution in [-0.2, 0) is 6.54 Å². The summed E-state index contributed by atoms with van der Waals surface area (Å²) < 4.78 is 2.78. The van der Waals surface area contributed by atoms with E-state index in [-0.39, 0.29) is 0 Å². The average molecular weight is 287 g/mol. The number of nitrogens with zero attached hydrogens (tertiary/aromatic N) is 2. The number of H-pyrrole nitrogens is 1. The zero-order valence-corrected chi connectivity index (χ0v) is 12.4. The normalized spacial score (nSPS) is 10.2. The highest BCUT2D eigenvalue weighted by molar-refractivity contribution is 7.72. The molecular weight excluding hydrogens is 274 g/mol. The van der Waals surface area contributed by atoms with Crippen molar-refractivity contribution in [3.8, 4) is 17.3 Å². The number of hydrogen-bond donors (Lipinski definition) is 1. The zero-order chi connectivity index (χ0) is 14.0. The van der Waals surface area contributed by atoms with Crippen LogP contribution in [0.25, 0.3) is 11.3 Å². The van der Waals surface area contributed by atoms with E-state index in [0.29, 0.717) is 27.2 Å². The molecule has 0 atom stereocenters. The fourth-order valence-corrected chi connectivity index (χ4v) is 2.65. The predicted molar refractivity (Wildman–Crippen MR) is 81.0 cm³/mol. The van der Waals surface area contributed by atoms with E-state index in [1.165, 1.54) is 5.56 Å². The lowest BCUT2D eigenvalue weighted by Crippen LogP contribution is -2.06. The van der Waals surface area contributed by atoms with Crippen molar-refractivity contribution in [2.45, 2.75) is 20.4 Å². The maximum Gasteiger partial charge on any atom is 0.178 e. The second-order valence-electron chi connectivity index (χ2n) is 4.21. The lowest BCUT2D eigenvalue weighted by molar-refractivity contribution is 0.709. The number of aryl methyl sites for hydroxylation is 1. The summed E-state index contributed by atoms with van der Waals surface area (Å²) in [6.07, 6.45) is 0. The van der Waals surface area contributed by atoms with Crippen molar-refractivity contribution in [1.29, 1.82) is 5.26 Å². The maximum atomic E-state index is 9.34. The molecule has 0 aliphatic rings. The molecule has 0 unspecified atom stereocenters. The van der Waals surface area contributed by atoms with Gasteiger partial charge in [0.05, 0.1) is 5.69 Å². The second-order valence-corrected chi connectivity index (χ2v) is 4.98. The first-order valence-electron chi connectivity index (χ1n) is 5.92. The van der Waals surface area contributed by atoms with E-state index >= 15 is 0 Å². The van der Waals surface area contributed by atoms with Gasteiger partial charge in [0.2, 0.25) is 0 Å². The maximum absolute atomic E-state index is 9.34. The minimum atomic E-state index is 0.467. The van der Waals surface area contributed by atoms with Crippen molar-refractivity contribution in [1.82, 2.24) is 9.55 Å². The van der Waals surface area contributed by atoms with E-state index in [2.05, 4.69) is 11.1 Å². The molecule has 0 bridgehead atoms. The molecule has 2 rings (SSSR count). The van der Waals surface area contributed by atoms with Gasteiger partial charge in [-0.3, -0.25) is 0 Å². The van der Waals surface area contributed by atoms with Gasteiger partial charge in [-0.05, 0) is 31.6 Å². The average Bonchev–Trinajstić information content (AvgIpc) is 2.39. The van der Waals surface area contributed by atoms with E-state index in [1.807, 2.05) is 38.1 Å². The minimum Gasteiger partial charge on any atom is -0.331 e. The molecule has 0 amide bonds. The van der Waals surface area contributed by atoms with Crippen LogP contribution in [0.5, 0.6) is 0 Å². The van der Waals surface area contributed by atoms with Crippen LogP contribution >= 0.6 is 24.4 Å². The van der Waals surface area contributed by atoms with Crippen molar-refractivity contribution in [3.05, 3.63) is 44.8 Å². The number of aromatic nitrogens is 2. The molecule has 0 radical (unpaired) electrons. The molecule has 2 aromatic rings. The summed E-state index contributed by atoms with van der Waals surface area (Å²) in [5.41, 5.74) is 3.25. The van der Waals surface area contributed by atoms with E-state index in [0.717, 1.165) is 5.56 Å². The fourth-order valence-electron chi connectivity index (χ4n) is 1.90. The number of nitrogens with one attached hydrogen (secondary N) is 1. The highest BCUT2D eigenvalue weighted by Gasteiger charge is 2.10. The molecule has 19 heavy (non-hydrogen) atoms. The molecule has 0 spiro atoms. The summed E-state index contributed by atoms with van der Waals surface area (Å²) in [5, 5.41) is 9.34. The van der Waals surface area contributed by atoms with Crippen molar-refractivity contribution < 1.29 is 0 Å². The smallest absolute Gasteiger partial charge is 0.178 e. The van der Waals surface area contributed by atoms with Crippen LogP contribution in [0.2, 0.25) is 0 Å². The quantitative estimate of drug-likeness (QED) is 0.844. The molecule has 0 fully saturated rings. The number of benzene rings is 1. The van der Waals surface area contributed by atoms with Gasteiger partial charge >= 0.3 is 0 Å². The lowest BCUT2D eigenvalue weighted by atomic mass is 10.1. The van der Waals surface area contributed by atoms with Gasteiger partial charge in [0.15, 0.2) is 4.77 Å². The van der Waals surface area contributed by atoms with Crippen LogP contribution in [0, 0.1) is 27.7 Å². The van der Waals surface area contributed by atoms with E-state index in [1.54, 1.807) is 4.57 Å². The molecule has 5 heteroatoms. The molecule has 3 nitrogen and oxygen atoms in total. The van der Waals surface area contributed by atoms with Crippen molar-refractivity contribution in [3.63, 3.8) is 0 Å². The summed E-state index contributed by atoms with van der Waals surface area (Å²) in [4.78, 5) is 3.11. The fraction of sp³-hybridized carbons (Fsp3) is 0.214. The van der Waals surface area contributed by atoms with Crippen LogP contribution in [0.1, 0.15) is 18.1 Å². The zero-order valence-electron chi connectivity index (χ0n) is 10.7. The van der Waals surface area contributed by atoms with Gasteiger partial charge in [-0.2, -0.15) is 5.26 Å². The topological polar surface area (TPSA) is 44.5 Å². The molecule has 1 aromatic heterocycles. The van der Waals surface area contributed by atoms with Gasteiger partial charge in [0.25, 0.3) is 0 Å². The minimum absolute atomic E-state index is 0.467. The number of hydrogen-bond acceptors (Lipinski definition) is 3. The Morgan fingerprint density at radius 2 is 1.89 bits per heavy atom. The van der Waals surface area contributed by atoms with Crippen LogP contribution in [0.3, 0.4) is 0 Å². The first kappa shape index (κ1) is 13.7. The number of nitriles is 1. The summed E-state index contributed by atoms with van der Waals surface area (Å²) in [6, 6.07) is 10.1. The van der Waals surface area contributed by atoms with Gasteiger partial charge in [-0.1, -0.05) is 42.0 Å². The van der Waals surface area contributed by atoms with Crippen LogP contribution < -0.4 is 0 Å². The van der Waals surface area contributed by atoms with E-state index < -0.39 is 0 Å². The first-order chi connectivity index (χ1) is 9.08. The van der Waals surface area contributed by atoms with E-state index in [9.17, 15) is 5.26 Å². The molecule has 1 N–H and O–H groups in total. The first-order valence-corrected chi connectivity index (χ1v) is 6.74. The monoisotopic (exact) mass is 287 g/mol. The summed E-state index contributed by atoms with van der Waals surface area (Å²) >= 11 is 10.6. The summed E-state index contributed by atoms with van der Waals surface area (Å²) in [7, 11) is 0. The summed E-state index contributed by atoms with van der Waals surface area (Å²) in [5.74, 6) is 0. The van der Waals surface area contributed by atoms with Crippen LogP contribution in [0.4, 0.5) is 0 Å². The third-order valence-corrected chi connectivity index (χ3v) is 3.70. The SMILES string of the molecule is CCn1c(=S)[nH]c(-c2ccc(C)cc2)c(C#N)c1=S. The van der Waals surface area contributed by atoms with Crippen LogP contribution in [-0.4, -0.2) is 9.55 Å². The molecule has 96 valence electrons. The lowest BCUT2D eigenvalue weighted by Gasteiger charge is -2.10. The van der Waals surface area contributed by atoms with Crippen LogP contribution in [0.15, 0.2) is 24.3 Å². The molecular formula is C14H13N3S2. The number of rotatable bonds is 2. The molecule has 1 aromatic carbocycles.